The second kappa shape index (κ2) is 11.2. The number of ketones is 1. The molecule has 0 atom stereocenters. The fourth-order valence-corrected chi connectivity index (χ4v) is 5.68. The van der Waals surface area contributed by atoms with Gasteiger partial charge in [0.1, 0.15) is 11.4 Å². The van der Waals surface area contributed by atoms with Crippen LogP contribution in [0.4, 0.5) is 5.95 Å². The molecule has 0 radical (unpaired) electrons. The van der Waals surface area contributed by atoms with Gasteiger partial charge < -0.3 is 21.1 Å². The molecule has 11 heteroatoms. The number of aromatic nitrogens is 4. The van der Waals surface area contributed by atoms with Gasteiger partial charge in [-0.3, -0.25) is 19.5 Å². The molecule has 1 aliphatic heterocycles. The number of aliphatic hydroxyl groups excluding tert-OH is 1. The first kappa shape index (κ1) is 27.4. The van der Waals surface area contributed by atoms with Crippen LogP contribution >= 0.6 is 0 Å². The van der Waals surface area contributed by atoms with Gasteiger partial charge in [0.2, 0.25) is 11.9 Å². The van der Waals surface area contributed by atoms with E-state index in [4.69, 9.17) is 10.8 Å². The molecule has 40 heavy (non-hydrogen) atoms. The molecular weight excluding hydrogens is 510 g/mol. The number of piperidine rings is 1. The van der Waals surface area contributed by atoms with E-state index in [1.54, 1.807) is 23.2 Å². The number of hydrogen-bond acceptors (Lipinski definition) is 8. The summed E-state index contributed by atoms with van der Waals surface area (Å²) in [5.41, 5.74) is 10.4. The maximum Gasteiger partial charge on any atom is 0.253 e. The number of Topliss-reactive ketones (excluding diaryl/α,β-unsaturated/α-hetero) is 1. The average molecular weight is 546 g/mol. The van der Waals surface area contributed by atoms with Gasteiger partial charge in [0.15, 0.2) is 5.78 Å². The number of likely N-dealkylation sites (tertiary alicyclic amines) is 1. The number of benzene rings is 1. The third-order valence-corrected chi connectivity index (χ3v) is 7.74. The molecule has 1 aliphatic carbocycles. The van der Waals surface area contributed by atoms with Crippen molar-refractivity contribution in [3.05, 3.63) is 58.4 Å². The Balaban J connectivity index is 1.22. The Morgan fingerprint density at radius 3 is 2.58 bits per heavy atom. The molecule has 0 bridgehead atoms. The van der Waals surface area contributed by atoms with Crippen LogP contribution in [0.25, 0.3) is 11.4 Å². The van der Waals surface area contributed by atoms with E-state index in [1.807, 2.05) is 12.1 Å². The monoisotopic (exact) mass is 545 g/mol. The van der Waals surface area contributed by atoms with Crippen LogP contribution in [-0.2, 0) is 23.1 Å². The largest absolute Gasteiger partial charge is 0.396 e. The second-order valence-corrected chi connectivity index (χ2v) is 11.2. The molecule has 5 N–H and O–H groups in total. The van der Waals surface area contributed by atoms with Gasteiger partial charge in [0.05, 0.1) is 5.69 Å². The SMILES string of the molecule is CC1(C)Cc2cnc(N)nc2-c2n[nH]c(C(=O)Cc3ccc(C(=O)N4CCC(NC(=O)CCCO)CC4)cc3)c21. The molecule has 1 saturated heterocycles. The number of aromatic amines is 1. The van der Waals surface area contributed by atoms with E-state index in [0.717, 1.165) is 16.7 Å². The zero-order valence-corrected chi connectivity index (χ0v) is 22.9. The van der Waals surface area contributed by atoms with Gasteiger partial charge in [-0.25, -0.2) is 9.97 Å². The molecule has 11 nitrogen and oxygen atoms in total. The van der Waals surface area contributed by atoms with Gasteiger partial charge in [-0.1, -0.05) is 26.0 Å². The minimum atomic E-state index is -0.342. The highest BCUT2D eigenvalue weighted by Gasteiger charge is 2.38. The van der Waals surface area contributed by atoms with E-state index in [2.05, 4.69) is 39.3 Å². The summed E-state index contributed by atoms with van der Waals surface area (Å²) in [7, 11) is 0. The number of fused-ring (bicyclic) bond motifs is 3. The number of anilines is 1. The summed E-state index contributed by atoms with van der Waals surface area (Å²) >= 11 is 0. The zero-order chi connectivity index (χ0) is 28.4. The Kier molecular flexibility index (Phi) is 7.66. The molecular formula is C29H35N7O4. The van der Waals surface area contributed by atoms with Crippen molar-refractivity contribution < 1.29 is 19.5 Å². The van der Waals surface area contributed by atoms with E-state index in [0.29, 0.717) is 67.8 Å². The van der Waals surface area contributed by atoms with Crippen LogP contribution < -0.4 is 11.1 Å². The van der Waals surface area contributed by atoms with E-state index in [-0.39, 0.29) is 48.0 Å². The van der Waals surface area contributed by atoms with E-state index in [9.17, 15) is 14.4 Å². The first-order chi connectivity index (χ1) is 19.2. The lowest BCUT2D eigenvalue weighted by Crippen LogP contribution is -2.46. The van der Waals surface area contributed by atoms with Crippen LogP contribution in [0.2, 0.25) is 0 Å². The molecule has 210 valence electrons. The molecule has 2 amide bonds. The van der Waals surface area contributed by atoms with Crippen molar-refractivity contribution in [3.8, 4) is 11.4 Å². The third-order valence-electron chi connectivity index (χ3n) is 7.74. The number of carbonyl (C=O) groups is 3. The minimum Gasteiger partial charge on any atom is -0.396 e. The van der Waals surface area contributed by atoms with E-state index in [1.165, 1.54) is 0 Å². The maximum absolute atomic E-state index is 13.4. The van der Waals surface area contributed by atoms with Gasteiger partial charge in [-0.2, -0.15) is 5.10 Å². The molecule has 5 rings (SSSR count). The molecule has 2 aliphatic rings. The maximum atomic E-state index is 13.4. The Bertz CT molecular complexity index is 1420. The van der Waals surface area contributed by atoms with Crippen LogP contribution in [0.5, 0.6) is 0 Å². The normalized spacial score (nSPS) is 16.2. The van der Waals surface area contributed by atoms with Crippen molar-refractivity contribution in [1.29, 1.82) is 0 Å². The number of nitrogens with one attached hydrogen (secondary N) is 2. The van der Waals surface area contributed by atoms with Gasteiger partial charge >= 0.3 is 0 Å². The van der Waals surface area contributed by atoms with Crippen molar-refractivity contribution in [2.45, 2.75) is 63.8 Å². The zero-order valence-electron chi connectivity index (χ0n) is 22.9. The summed E-state index contributed by atoms with van der Waals surface area (Å²) in [4.78, 5) is 48.7. The summed E-state index contributed by atoms with van der Waals surface area (Å²) in [6, 6.07) is 7.19. The molecule has 2 aromatic heterocycles. The van der Waals surface area contributed by atoms with E-state index >= 15 is 0 Å². The molecule has 1 aromatic carbocycles. The van der Waals surface area contributed by atoms with Crippen molar-refractivity contribution in [2.24, 2.45) is 0 Å². The van der Waals surface area contributed by atoms with Gasteiger partial charge in [0, 0.05) is 55.9 Å². The highest BCUT2D eigenvalue weighted by Crippen LogP contribution is 2.42. The molecule has 3 aromatic rings. The first-order valence-electron chi connectivity index (χ1n) is 13.7. The Morgan fingerprint density at radius 1 is 1.15 bits per heavy atom. The van der Waals surface area contributed by atoms with Crippen LogP contribution in [0.1, 0.15) is 77.1 Å². The Hall–Kier alpha value is -4.12. The topological polar surface area (TPSA) is 167 Å². The lowest BCUT2D eigenvalue weighted by molar-refractivity contribution is -0.122. The summed E-state index contributed by atoms with van der Waals surface area (Å²) in [6.07, 6.45) is 4.70. The summed E-state index contributed by atoms with van der Waals surface area (Å²) in [6.45, 7) is 5.27. The van der Waals surface area contributed by atoms with Crippen molar-refractivity contribution in [2.75, 3.05) is 25.4 Å². The van der Waals surface area contributed by atoms with Gasteiger partial charge in [0.25, 0.3) is 5.91 Å². The number of rotatable bonds is 8. The number of aliphatic hydroxyl groups is 1. The molecule has 0 unspecified atom stereocenters. The van der Waals surface area contributed by atoms with Crippen LogP contribution in [0, 0.1) is 0 Å². The minimum absolute atomic E-state index is 0.00259. The number of carbonyl (C=O) groups excluding carboxylic acids is 3. The predicted octanol–water partition coefficient (Wildman–Crippen LogP) is 2.20. The molecule has 3 heterocycles. The van der Waals surface area contributed by atoms with Crippen LogP contribution in [-0.4, -0.2) is 73.5 Å². The highest BCUT2D eigenvalue weighted by atomic mass is 16.3. The average Bonchev–Trinajstić information content (AvgIpc) is 3.40. The first-order valence-corrected chi connectivity index (χ1v) is 13.7. The van der Waals surface area contributed by atoms with Crippen molar-refractivity contribution in [1.82, 2.24) is 30.4 Å². The quantitative estimate of drug-likeness (QED) is 0.313. The summed E-state index contributed by atoms with van der Waals surface area (Å²) < 4.78 is 0. The smallest absolute Gasteiger partial charge is 0.253 e. The highest BCUT2D eigenvalue weighted by molar-refractivity contribution is 5.99. The number of nitrogens with two attached hydrogens (primary N) is 1. The molecule has 0 spiro atoms. The number of nitrogens with zero attached hydrogens (tertiary/aromatic N) is 4. The molecule has 0 saturated carbocycles. The van der Waals surface area contributed by atoms with Crippen molar-refractivity contribution >= 4 is 23.5 Å². The number of amides is 2. The van der Waals surface area contributed by atoms with Crippen LogP contribution in [0.15, 0.2) is 30.5 Å². The third kappa shape index (κ3) is 5.60. The van der Waals surface area contributed by atoms with Crippen molar-refractivity contribution in [3.63, 3.8) is 0 Å². The fourth-order valence-electron chi connectivity index (χ4n) is 5.68. The van der Waals surface area contributed by atoms with Gasteiger partial charge in [-0.15, -0.1) is 0 Å². The summed E-state index contributed by atoms with van der Waals surface area (Å²) in [5.74, 6) is -0.0475. The molecule has 1 fully saturated rings. The predicted molar refractivity (Wildman–Crippen MR) is 149 cm³/mol. The lowest BCUT2D eigenvalue weighted by Gasteiger charge is -2.32. The number of H-pyrrole nitrogens is 1. The lowest BCUT2D eigenvalue weighted by atomic mass is 9.72. The number of nitrogen functional groups attached to an aromatic ring is 1. The summed E-state index contributed by atoms with van der Waals surface area (Å²) in [5, 5.41) is 19.3. The fraction of sp³-hybridized carbons (Fsp3) is 0.448. The van der Waals surface area contributed by atoms with Crippen LogP contribution in [0.3, 0.4) is 0 Å². The second-order valence-electron chi connectivity index (χ2n) is 11.2. The van der Waals surface area contributed by atoms with Gasteiger partial charge in [-0.05, 0) is 54.4 Å². The standard InChI is InChI=1S/C29H35N7O4/c1-29(2)15-19-16-31-28(30)33-24(19)26-23(29)25(34-35-26)21(38)14-17-5-7-18(8-6-17)27(40)36-11-9-20(10-12-36)32-22(39)4-3-13-37/h5-8,16,20,37H,3-4,9-15H2,1-2H3,(H,32,39)(H,34,35)(H2,30,31,33). The van der Waals surface area contributed by atoms with E-state index < -0.39 is 0 Å². The Morgan fingerprint density at radius 2 is 1.88 bits per heavy atom. The number of hydrogen-bond donors (Lipinski definition) is 4. The Labute approximate surface area is 232 Å².